The van der Waals surface area contributed by atoms with Crippen LogP contribution in [0.25, 0.3) is 16.2 Å². The largest absolute Gasteiger partial charge is 0.497 e. The van der Waals surface area contributed by atoms with Gasteiger partial charge in [-0.3, -0.25) is 4.40 Å². The molecule has 2 aromatic heterocycles. The second kappa shape index (κ2) is 8.77. The molecule has 0 radical (unpaired) electrons. The zero-order chi connectivity index (χ0) is 22.0. The van der Waals surface area contributed by atoms with Crippen LogP contribution in [0.3, 0.4) is 0 Å². The summed E-state index contributed by atoms with van der Waals surface area (Å²) in [6.07, 6.45) is 0. The van der Waals surface area contributed by atoms with Crippen LogP contribution in [0, 0.1) is 12.7 Å². The summed E-state index contributed by atoms with van der Waals surface area (Å²) >= 11 is 1.29. The highest BCUT2D eigenvalue weighted by Crippen LogP contribution is 2.36. The fourth-order valence-electron chi connectivity index (χ4n) is 3.35. The summed E-state index contributed by atoms with van der Waals surface area (Å²) in [5.41, 5.74) is 3.30. The Morgan fingerprint density at radius 3 is 2.71 bits per heavy atom. The molecular weight excluding hydrogens is 417 g/mol. The van der Waals surface area contributed by atoms with Crippen LogP contribution < -0.4 is 10.1 Å². The van der Waals surface area contributed by atoms with E-state index in [1.165, 1.54) is 23.5 Å². The first-order valence-corrected chi connectivity index (χ1v) is 10.6. The second-order valence-electron chi connectivity index (χ2n) is 6.88. The number of fused-ring (bicyclic) bond motifs is 1. The molecule has 0 aliphatic heterocycles. The molecule has 2 heterocycles. The van der Waals surface area contributed by atoms with Gasteiger partial charge in [-0.2, -0.15) is 0 Å². The molecule has 0 amide bonds. The summed E-state index contributed by atoms with van der Waals surface area (Å²) in [6, 6.07) is 14.0. The molecule has 0 bridgehead atoms. The van der Waals surface area contributed by atoms with Crippen molar-refractivity contribution >= 4 is 28.1 Å². The maximum absolute atomic E-state index is 13.3. The van der Waals surface area contributed by atoms with Crippen LogP contribution in [-0.4, -0.2) is 29.1 Å². The van der Waals surface area contributed by atoms with Crippen molar-refractivity contribution in [3.8, 4) is 17.0 Å². The third-order valence-electron chi connectivity index (χ3n) is 4.88. The van der Waals surface area contributed by atoms with Crippen molar-refractivity contribution in [2.75, 3.05) is 19.0 Å². The second-order valence-corrected chi connectivity index (χ2v) is 7.85. The highest BCUT2D eigenvalue weighted by molar-refractivity contribution is 7.19. The minimum absolute atomic E-state index is 0.277. The number of hydrogen-bond donors (Lipinski definition) is 1. The Morgan fingerprint density at radius 2 is 2.00 bits per heavy atom. The third-order valence-corrected chi connectivity index (χ3v) is 6.00. The lowest BCUT2D eigenvalue weighted by Gasteiger charge is -2.11. The summed E-state index contributed by atoms with van der Waals surface area (Å²) < 4.78 is 25.8. The van der Waals surface area contributed by atoms with Gasteiger partial charge in [0, 0.05) is 17.8 Å². The lowest BCUT2D eigenvalue weighted by atomic mass is 10.1. The monoisotopic (exact) mass is 439 g/mol. The topological polar surface area (TPSA) is 64.9 Å². The number of aromatic nitrogens is 2. The van der Waals surface area contributed by atoms with Gasteiger partial charge in [0.15, 0.2) is 4.96 Å². The first-order valence-electron chi connectivity index (χ1n) is 9.83. The average molecular weight is 440 g/mol. The van der Waals surface area contributed by atoms with Gasteiger partial charge in [0.05, 0.1) is 13.7 Å². The first-order chi connectivity index (χ1) is 15.0. The van der Waals surface area contributed by atoms with Gasteiger partial charge in [-0.1, -0.05) is 35.6 Å². The summed E-state index contributed by atoms with van der Waals surface area (Å²) in [5, 5.41) is 3.42. The van der Waals surface area contributed by atoms with E-state index in [1.807, 2.05) is 35.6 Å². The summed E-state index contributed by atoms with van der Waals surface area (Å²) in [7, 11) is 1.62. The molecule has 1 N–H and O–H groups in total. The van der Waals surface area contributed by atoms with E-state index in [0.29, 0.717) is 23.0 Å². The molecule has 6 nitrogen and oxygen atoms in total. The molecule has 0 spiro atoms. The van der Waals surface area contributed by atoms with Crippen molar-refractivity contribution in [3.63, 3.8) is 0 Å². The van der Waals surface area contributed by atoms with Gasteiger partial charge in [0.25, 0.3) is 0 Å². The molecule has 8 heteroatoms. The lowest BCUT2D eigenvalue weighted by Crippen LogP contribution is -2.07. The highest BCUT2D eigenvalue weighted by Gasteiger charge is 2.23. The molecule has 0 saturated heterocycles. The number of anilines is 1. The molecule has 31 heavy (non-hydrogen) atoms. The molecular formula is C23H22FN3O3S. The Balaban J connectivity index is 1.80. The molecule has 160 valence electrons. The Labute approximate surface area is 183 Å². The Hall–Kier alpha value is -3.39. The molecule has 0 saturated carbocycles. The number of rotatable bonds is 7. The van der Waals surface area contributed by atoms with Gasteiger partial charge in [-0.05, 0) is 43.7 Å². The number of nitrogens with zero attached hydrogens (tertiary/aromatic N) is 2. The van der Waals surface area contributed by atoms with Gasteiger partial charge in [-0.25, -0.2) is 14.2 Å². The van der Waals surface area contributed by atoms with E-state index >= 15 is 0 Å². The highest BCUT2D eigenvalue weighted by atomic mass is 32.1. The van der Waals surface area contributed by atoms with E-state index in [2.05, 4.69) is 5.32 Å². The number of nitrogens with one attached hydrogen (secondary N) is 1. The van der Waals surface area contributed by atoms with Crippen molar-refractivity contribution in [1.29, 1.82) is 0 Å². The van der Waals surface area contributed by atoms with Crippen molar-refractivity contribution in [2.24, 2.45) is 0 Å². The Morgan fingerprint density at radius 1 is 1.23 bits per heavy atom. The molecule has 0 unspecified atom stereocenters. The van der Waals surface area contributed by atoms with Crippen LogP contribution in [0.1, 0.15) is 27.9 Å². The van der Waals surface area contributed by atoms with Gasteiger partial charge < -0.3 is 14.8 Å². The number of esters is 1. The van der Waals surface area contributed by atoms with E-state index in [4.69, 9.17) is 14.5 Å². The van der Waals surface area contributed by atoms with Crippen molar-refractivity contribution in [2.45, 2.75) is 20.4 Å². The predicted octanol–water partition coefficient (Wildman–Crippen LogP) is 5.31. The zero-order valence-electron chi connectivity index (χ0n) is 17.4. The maximum Gasteiger partial charge on any atom is 0.350 e. The number of carbonyl (C=O) groups excluding carboxylic acids is 1. The minimum Gasteiger partial charge on any atom is -0.497 e. The number of ether oxygens (including phenoxy) is 2. The molecule has 4 aromatic rings. The van der Waals surface area contributed by atoms with E-state index < -0.39 is 0 Å². The number of hydrogen-bond acceptors (Lipinski definition) is 6. The average Bonchev–Trinajstić information content (AvgIpc) is 3.30. The third kappa shape index (κ3) is 4.11. The van der Waals surface area contributed by atoms with Crippen LogP contribution in [0.4, 0.5) is 10.2 Å². The number of carbonyl (C=O) groups is 1. The van der Waals surface area contributed by atoms with Crippen LogP contribution in [-0.2, 0) is 11.3 Å². The number of methoxy groups -OCH3 is 1. The van der Waals surface area contributed by atoms with Gasteiger partial charge in [0.2, 0.25) is 0 Å². The van der Waals surface area contributed by atoms with Crippen LogP contribution in [0.15, 0.2) is 48.5 Å². The normalized spacial score (nSPS) is 11.0. The predicted molar refractivity (Wildman–Crippen MR) is 119 cm³/mol. The summed E-state index contributed by atoms with van der Waals surface area (Å²) in [6.45, 7) is 4.43. The van der Waals surface area contributed by atoms with Gasteiger partial charge >= 0.3 is 5.97 Å². The molecule has 2 aromatic carbocycles. The summed E-state index contributed by atoms with van der Waals surface area (Å²) in [4.78, 5) is 18.4. The fourth-order valence-corrected chi connectivity index (χ4v) is 4.38. The number of imidazole rings is 1. The lowest BCUT2D eigenvalue weighted by molar-refractivity contribution is 0.0531. The van der Waals surface area contributed by atoms with E-state index in [9.17, 15) is 9.18 Å². The Bertz CT molecular complexity index is 1230. The first kappa shape index (κ1) is 20.9. The SMILES string of the molecule is CCOC(=O)c1sc2nc(-c3cccc(OC)c3)c(NCc3ccc(F)cc3)n2c1C. The van der Waals surface area contributed by atoms with E-state index in [1.54, 1.807) is 26.2 Å². The smallest absolute Gasteiger partial charge is 0.350 e. The molecule has 0 aliphatic rings. The molecule has 4 rings (SSSR count). The maximum atomic E-state index is 13.3. The molecule has 0 aliphatic carbocycles. The standard InChI is InChI=1S/C23H22FN3O3S/c1-4-30-22(28)20-14(2)27-21(25-13-15-8-10-17(24)11-9-15)19(26-23(27)31-20)16-6-5-7-18(12-16)29-3/h5-12,25H,4,13H2,1-3H3. The minimum atomic E-state index is -0.358. The zero-order valence-corrected chi connectivity index (χ0v) is 18.3. The van der Waals surface area contributed by atoms with Crippen LogP contribution in [0.5, 0.6) is 5.75 Å². The molecule has 0 fully saturated rings. The van der Waals surface area contributed by atoms with Gasteiger partial charge in [0.1, 0.15) is 28.0 Å². The van der Waals surface area contributed by atoms with Gasteiger partial charge in [-0.15, -0.1) is 0 Å². The summed E-state index contributed by atoms with van der Waals surface area (Å²) in [5.74, 6) is 0.836. The van der Waals surface area contributed by atoms with E-state index in [-0.39, 0.29) is 11.8 Å². The van der Waals surface area contributed by atoms with Crippen LogP contribution in [0.2, 0.25) is 0 Å². The number of benzene rings is 2. The van der Waals surface area contributed by atoms with E-state index in [0.717, 1.165) is 34.1 Å². The fraction of sp³-hybridized carbons (Fsp3) is 0.217. The number of thiazole rings is 1. The van der Waals surface area contributed by atoms with Crippen LogP contribution >= 0.6 is 11.3 Å². The quantitative estimate of drug-likeness (QED) is 0.396. The van der Waals surface area contributed by atoms with Crippen molar-refractivity contribution in [1.82, 2.24) is 9.38 Å². The molecule has 0 atom stereocenters. The number of halogens is 1. The number of aryl methyl sites for hydroxylation is 1. The van der Waals surface area contributed by atoms with Crippen molar-refractivity contribution < 1.29 is 18.7 Å². The Kier molecular flexibility index (Phi) is 5.90. The van der Waals surface area contributed by atoms with Crippen molar-refractivity contribution in [3.05, 3.63) is 70.5 Å².